The molecule has 0 aliphatic rings. The van der Waals surface area contributed by atoms with Crippen molar-refractivity contribution in [3.8, 4) is 0 Å². The van der Waals surface area contributed by atoms with E-state index < -0.39 is 41.8 Å². The summed E-state index contributed by atoms with van der Waals surface area (Å²) in [5, 5.41) is 6.34. The second-order valence-corrected chi connectivity index (χ2v) is 5.25. The fraction of sp³-hybridized carbons (Fsp3) is 0.250. The summed E-state index contributed by atoms with van der Waals surface area (Å²) in [5.74, 6) is -0.843. The van der Waals surface area contributed by atoms with Crippen LogP contribution < -0.4 is 5.43 Å². The van der Waals surface area contributed by atoms with Gasteiger partial charge in [0.2, 0.25) is 0 Å². The maximum Gasteiger partial charge on any atom is 0.282 e. The van der Waals surface area contributed by atoms with Gasteiger partial charge >= 0.3 is 0 Å². The van der Waals surface area contributed by atoms with Gasteiger partial charge in [-0.3, -0.25) is 9.48 Å². The Balaban J connectivity index is 2.00. The molecule has 11 heteroatoms. The van der Waals surface area contributed by atoms with E-state index in [0.717, 1.165) is 17.6 Å². The molecular formula is C12H9F5N4OS. The van der Waals surface area contributed by atoms with Crippen LogP contribution in [0, 0.1) is 5.13 Å². The molecule has 0 fully saturated rings. The number of hydrazone groups is 1. The summed E-state index contributed by atoms with van der Waals surface area (Å²) in [4.78, 5) is 12.0. The predicted molar refractivity (Wildman–Crippen MR) is 72.2 cm³/mol. The minimum Gasteiger partial charge on any atom is -0.271 e. The van der Waals surface area contributed by atoms with Gasteiger partial charge in [-0.05, 0) is 18.2 Å². The van der Waals surface area contributed by atoms with Crippen LogP contribution in [0.25, 0.3) is 0 Å². The van der Waals surface area contributed by atoms with Gasteiger partial charge in [-0.1, -0.05) is 0 Å². The molecule has 0 aliphatic carbocycles. The van der Waals surface area contributed by atoms with Crippen molar-refractivity contribution >= 4 is 23.5 Å². The summed E-state index contributed by atoms with van der Waals surface area (Å²) in [7, 11) is 0. The molecule has 0 aromatic carbocycles. The number of rotatable bonds is 6. The zero-order valence-corrected chi connectivity index (χ0v) is 12.0. The first-order valence-electron chi connectivity index (χ1n) is 6.08. The summed E-state index contributed by atoms with van der Waals surface area (Å²) in [6.45, 7) is -0.706. The van der Waals surface area contributed by atoms with Gasteiger partial charge in [0, 0.05) is 0 Å². The molecule has 23 heavy (non-hydrogen) atoms. The Morgan fingerprint density at radius 2 is 2.09 bits per heavy atom. The van der Waals surface area contributed by atoms with E-state index >= 15 is 0 Å². The molecule has 0 saturated heterocycles. The van der Waals surface area contributed by atoms with Crippen LogP contribution in [0.4, 0.5) is 22.0 Å². The number of alkyl halides is 4. The smallest absolute Gasteiger partial charge is 0.271 e. The van der Waals surface area contributed by atoms with Crippen LogP contribution in [-0.2, 0) is 11.3 Å². The molecule has 0 radical (unpaired) electrons. The molecular weight excluding hydrogens is 343 g/mol. The molecule has 2 aromatic heterocycles. The van der Waals surface area contributed by atoms with E-state index in [1.54, 1.807) is 0 Å². The topological polar surface area (TPSA) is 59.3 Å². The highest BCUT2D eigenvalue weighted by atomic mass is 32.1. The second kappa shape index (κ2) is 7.31. The minimum absolute atomic E-state index is 0.426. The van der Waals surface area contributed by atoms with Crippen molar-refractivity contribution in [2.75, 3.05) is 0 Å². The monoisotopic (exact) mass is 352 g/mol. The lowest BCUT2D eigenvalue weighted by Crippen LogP contribution is -2.25. The van der Waals surface area contributed by atoms with E-state index in [9.17, 15) is 26.7 Å². The van der Waals surface area contributed by atoms with Crippen molar-refractivity contribution < 1.29 is 26.7 Å². The Bertz CT molecular complexity index is 712. The highest BCUT2D eigenvalue weighted by molar-refractivity contribution is 7.12. The number of carbonyl (C=O) groups excluding carboxylic acids is 1. The number of nitrogens with one attached hydrogen (secondary N) is 1. The van der Waals surface area contributed by atoms with E-state index in [4.69, 9.17) is 0 Å². The Morgan fingerprint density at radius 3 is 2.65 bits per heavy atom. The Hall–Kier alpha value is -2.30. The molecule has 1 amide bonds. The van der Waals surface area contributed by atoms with Crippen molar-refractivity contribution in [2.45, 2.75) is 19.4 Å². The van der Waals surface area contributed by atoms with E-state index in [2.05, 4.69) is 10.2 Å². The number of hydrogen-bond acceptors (Lipinski definition) is 4. The maximum absolute atomic E-state index is 12.7. The van der Waals surface area contributed by atoms with Crippen LogP contribution >= 0.6 is 11.3 Å². The molecule has 0 aliphatic heterocycles. The number of carbonyl (C=O) groups is 1. The molecule has 0 bridgehead atoms. The third-order valence-electron chi connectivity index (χ3n) is 2.55. The molecule has 5 nitrogen and oxygen atoms in total. The molecule has 2 rings (SSSR count). The van der Waals surface area contributed by atoms with Crippen LogP contribution in [0.2, 0.25) is 0 Å². The number of halogens is 5. The first-order chi connectivity index (χ1) is 10.9. The van der Waals surface area contributed by atoms with E-state index in [1.165, 1.54) is 12.1 Å². The fourth-order valence-electron chi connectivity index (χ4n) is 1.60. The van der Waals surface area contributed by atoms with Gasteiger partial charge in [0.05, 0.1) is 11.1 Å². The summed E-state index contributed by atoms with van der Waals surface area (Å²) in [5.41, 5.74) is 0.381. The zero-order chi connectivity index (χ0) is 17.0. The van der Waals surface area contributed by atoms with E-state index in [0.29, 0.717) is 15.6 Å². The van der Waals surface area contributed by atoms with Gasteiger partial charge < -0.3 is 0 Å². The minimum atomic E-state index is -3.06. The van der Waals surface area contributed by atoms with E-state index in [-0.39, 0.29) is 0 Å². The van der Waals surface area contributed by atoms with Crippen LogP contribution in [0.3, 0.4) is 0 Å². The lowest BCUT2D eigenvalue weighted by atomic mass is 10.3. The quantitative estimate of drug-likeness (QED) is 0.493. The van der Waals surface area contributed by atoms with Crippen LogP contribution in [0.1, 0.15) is 29.1 Å². The number of thiophene rings is 1. The number of nitrogens with zero attached hydrogens (tertiary/aromatic N) is 3. The number of amides is 1. The highest BCUT2D eigenvalue weighted by Crippen LogP contribution is 2.24. The predicted octanol–water partition coefficient (Wildman–Crippen LogP) is 3.11. The number of hydrogen-bond donors (Lipinski definition) is 1. The lowest BCUT2D eigenvalue weighted by Gasteiger charge is -2.05. The van der Waals surface area contributed by atoms with Crippen molar-refractivity contribution in [3.05, 3.63) is 39.6 Å². The van der Waals surface area contributed by atoms with Crippen LogP contribution in [0.15, 0.2) is 23.3 Å². The summed E-state index contributed by atoms with van der Waals surface area (Å²) < 4.78 is 63.6. The van der Waals surface area contributed by atoms with Crippen LogP contribution in [0.5, 0.6) is 0 Å². The average molecular weight is 352 g/mol. The Labute approximate surface area is 130 Å². The third-order valence-corrected chi connectivity index (χ3v) is 3.35. The molecule has 0 spiro atoms. The van der Waals surface area contributed by atoms with Crippen molar-refractivity contribution in [3.63, 3.8) is 0 Å². The van der Waals surface area contributed by atoms with Gasteiger partial charge in [0.1, 0.15) is 17.9 Å². The largest absolute Gasteiger partial charge is 0.282 e. The highest BCUT2D eigenvalue weighted by Gasteiger charge is 2.22. The van der Waals surface area contributed by atoms with Crippen LogP contribution in [-0.4, -0.2) is 21.9 Å². The second-order valence-electron chi connectivity index (χ2n) is 4.19. The molecule has 0 saturated carbocycles. The molecule has 124 valence electrons. The SMILES string of the molecule is O=C(Cn1nc(C(F)F)cc1C(F)F)N/N=C/c1ccc(F)s1. The van der Waals surface area contributed by atoms with Gasteiger partial charge in [-0.25, -0.2) is 23.0 Å². The van der Waals surface area contributed by atoms with Gasteiger partial charge in [-0.2, -0.15) is 14.6 Å². The average Bonchev–Trinajstić information content (AvgIpc) is 3.05. The van der Waals surface area contributed by atoms with Crippen molar-refractivity contribution in [1.82, 2.24) is 15.2 Å². The molecule has 1 N–H and O–H groups in total. The standard InChI is InChI=1S/C12H9F5N4OS/c13-9-2-1-6(23-9)4-18-19-10(22)5-21-8(12(16)17)3-7(20-21)11(14)15/h1-4,11-12H,5H2,(H,19,22)/b18-4+. The summed E-state index contributed by atoms with van der Waals surface area (Å²) >= 11 is 0.789. The van der Waals surface area contributed by atoms with E-state index in [1.807, 2.05) is 5.43 Å². The number of aromatic nitrogens is 2. The normalized spacial score (nSPS) is 11.8. The maximum atomic E-state index is 12.7. The summed E-state index contributed by atoms with van der Waals surface area (Å²) in [6, 6.07) is 3.17. The van der Waals surface area contributed by atoms with Gasteiger partial charge in [0.15, 0.2) is 5.13 Å². The van der Waals surface area contributed by atoms with Crippen molar-refractivity contribution in [2.24, 2.45) is 5.10 Å². The van der Waals surface area contributed by atoms with Gasteiger partial charge in [-0.15, -0.1) is 11.3 Å². The first kappa shape index (κ1) is 17.1. The molecule has 2 aromatic rings. The third kappa shape index (κ3) is 4.58. The fourth-order valence-corrected chi connectivity index (χ4v) is 2.20. The molecule has 2 heterocycles. The first-order valence-corrected chi connectivity index (χ1v) is 6.89. The van der Waals surface area contributed by atoms with Gasteiger partial charge in [0.25, 0.3) is 18.8 Å². The summed E-state index contributed by atoms with van der Waals surface area (Å²) in [6.07, 6.45) is -4.92. The Kier molecular flexibility index (Phi) is 5.42. The molecule has 0 atom stereocenters. The molecule has 0 unspecified atom stereocenters. The lowest BCUT2D eigenvalue weighted by molar-refractivity contribution is -0.121. The Morgan fingerprint density at radius 1 is 1.35 bits per heavy atom. The van der Waals surface area contributed by atoms with Crippen molar-refractivity contribution in [1.29, 1.82) is 0 Å². The zero-order valence-electron chi connectivity index (χ0n) is 11.2.